The van der Waals surface area contributed by atoms with E-state index < -0.39 is 6.04 Å². The average molecular weight is 505 g/mol. The molecule has 1 N–H and O–H groups in total. The highest BCUT2D eigenvalue weighted by Crippen LogP contribution is 2.20. The summed E-state index contributed by atoms with van der Waals surface area (Å²) in [5.41, 5.74) is 1.88. The van der Waals surface area contributed by atoms with Gasteiger partial charge in [-0.05, 0) is 60.9 Å². The number of ether oxygens (including phenoxy) is 3. The molecule has 0 saturated carbocycles. The van der Waals surface area contributed by atoms with Gasteiger partial charge >= 0.3 is 0 Å². The van der Waals surface area contributed by atoms with Gasteiger partial charge in [-0.15, -0.1) is 0 Å². The Bertz CT molecular complexity index is 1120. The number of hydrogen-bond acceptors (Lipinski definition) is 5. The monoisotopic (exact) mass is 504 g/mol. The van der Waals surface area contributed by atoms with Crippen molar-refractivity contribution >= 4 is 11.8 Å². The number of nitrogens with zero attached hydrogens (tertiary/aromatic N) is 1. The highest BCUT2D eigenvalue weighted by Gasteiger charge is 2.30. The van der Waals surface area contributed by atoms with Crippen molar-refractivity contribution < 1.29 is 23.8 Å². The van der Waals surface area contributed by atoms with Crippen LogP contribution < -0.4 is 19.5 Å². The van der Waals surface area contributed by atoms with Crippen LogP contribution in [-0.4, -0.2) is 50.1 Å². The van der Waals surface area contributed by atoms with Gasteiger partial charge < -0.3 is 24.4 Å². The molecule has 0 radical (unpaired) electrons. The molecule has 0 aliphatic rings. The van der Waals surface area contributed by atoms with Crippen molar-refractivity contribution in [3.63, 3.8) is 0 Å². The first kappa shape index (κ1) is 27.6. The minimum atomic E-state index is -0.649. The van der Waals surface area contributed by atoms with Crippen LogP contribution in [0.1, 0.15) is 30.9 Å². The van der Waals surface area contributed by atoms with Crippen LogP contribution in [0.5, 0.6) is 17.2 Å². The van der Waals surface area contributed by atoms with Crippen LogP contribution >= 0.6 is 0 Å². The SMILES string of the molecule is CCNC(=O)[C@H](Cc1ccccc1)N(Cc1cccc(OC)c1)C(=O)CCCOc1ccc(OC)cc1. The molecule has 0 aliphatic carbocycles. The molecule has 7 heteroatoms. The topological polar surface area (TPSA) is 77.1 Å². The van der Waals surface area contributed by atoms with E-state index in [0.717, 1.165) is 16.9 Å². The molecular formula is C30H36N2O5. The summed E-state index contributed by atoms with van der Waals surface area (Å²) in [6.45, 7) is 3.04. The molecule has 0 bridgehead atoms. The zero-order chi connectivity index (χ0) is 26.5. The van der Waals surface area contributed by atoms with Crippen molar-refractivity contribution in [1.82, 2.24) is 10.2 Å². The normalized spacial score (nSPS) is 11.3. The number of nitrogens with one attached hydrogen (secondary N) is 1. The molecule has 1 atom stereocenters. The first-order valence-corrected chi connectivity index (χ1v) is 12.5. The number of benzene rings is 3. The van der Waals surface area contributed by atoms with Gasteiger partial charge in [0.25, 0.3) is 0 Å². The van der Waals surface area contributed by atoms with Crippen molar-refractivity contribution in [2.24, 2.45) is 0 Å². The summed E-state index contributed by atoms with van der Waals surface area (Å²) in [6.07, 6.45) is 1.20. The van der Waals surface area contributed by atoms with Gasteiger partial charge in [-0.1, -0.05) is 42.5 Å². The highest BCUT2D eigenvalue weighted by molar-refractivity contribution is 5.88. The lowest BCUT2D eigenvalue weighted by atomic mass is 10.0. The Kier molecular flexibility index (Phi) is 10.8. The summed E-state index contributed by atoms with van der Waals surface area (Å²) >= 11 is 0. The van der Waals surface area contributed by atoms with Crippen LogP contribution in [0.15, 0.2) is 78.9 Å². The lowest BCUT2D eigenvalue weighted by molar-refractivity contribution is -0.141. The molecule has 0 heterocycles. The average Bonchev–Trinajstić information content (AvgIpc) is 2.94. The van der Waals surface area contributed by atoms with Crippen molar-refractivity contribution in [2.45, 2.75) is 38.8 Å². The molecule has 0 saturated heterocycles. The zero-order valence-electron chi connectivity index (χ0n) is 21.8. The molecule has 3 rings (SSSR count). The van der Waals surface area contributed by atoms with Crippen LogP contribution in [0.25, 0.3) is 0 Å². The van der Waals surface area contributed by atoms with Crippen molar-refractivity contribution in [1.29, 1.82) is 0 Å². The van der Waals surface area contributed by atoms with E-state index in [4.69, 9.17) is 14.2 Å². The number of rotatable bonds is 14. The Morgan fingerprint density at radius 3 is 2.19 bits per heavy atom. The summed E-state index contributed by atoms with van der Waals surface area (Å²) < 4.78 is 16.3. The van der Waals surface area contributed by atoms with E-state index in [1.807, 2.05) is 85.8 Å². The standard InChI is InChI=1S/C30H36N2O5/c1-4-31-30(34)28(21-23-10-6-5-7-11-23)32(22-24-12-8-13-27(20-24)36-3)29(33)14-9-19-37-26-17-15-25(35-2)16-18-26/h5-8,10-13,15-18,20,28H,4,9,14,19,21-22H2,1-3H3,(H,31,34)/t28-/m0/s1. The second kappa shape index (κ2) is 14.5. The molecule has 196 valence electrons. The van der Waals surface area contributed by atoms with Crippen LogP contribution in [0.4, 0.5) is 0 Å². The van der Waals surface area contributed by atoms with Crippen molar-refractivity contribution in [3.05, 3.63) is 90.0 Å². The predicted molar refractivity (Wildman–Crippen MR) is 144 cm³/mol. The molecular weight excluding hydrogens is 468 g/mol. The number of carbonyl (C=O) groups excluding carboxylic acids is 2. The largest absolute Gasteiger partial charge is 0.497 e. The van der Waals surface area contributed by atoms with Gasteiger partial charge in [-0.3, -0.25) is 9.59 Å². The minimum absolute atomic E-state index is 0.103. The molecule has 3 aromatic carbocycles. The van der Waals surface area contributed by atoms with E-state index >= 15 is 0 Å². The number of carbonyl (C=O) groups is 2. The van der Waals surface area contributed by atoms with Gasteiger partial charge in [-0.25, -0.2) is 0 Å². The van der Waals surface area contributed by atoms with Gasteiger partial charge in [0.1, 0.15) is 23.3 Å². The summed E-state index contributed by atoms with van der Waals surface area (Å²) in [5.74, 6) is 1.90. The van der Waals surface area contributed by atoms with Crippen molar-refractivity contribution in [2.75, 3.05) is 27.4 Å². The van der Waals surface area contributed by atoms with Crippen molar-refractivity contribution in [3.8, 4) is 17.2 Å². The van der Waals surface area contributed by atoms with Gasteiger partial charge in [0.2, 0.25) is 11.8 Å². The fourth-order valence-electron chi connectivity index (χ4n) is 4.04. The van der Waals surface area contributed by atoms with Gasteiger partial charge in [-0.2, -0.15) is 0 Å². The summed E-state index contributed by atoms with van der Waals surface area (Å²) in [4.78, 5) is 28.5. The second-order valence-corrected chi connectivity index (χ2v) is 8.60. The molecule has 0 aliphatic heterocycles. The van der Waals surface area contributed by atoms with E-state index in [2.05, 4.69) is 5.32 Å². The maximum absolute atomic E-state index is 13.6. The van der Waals surface area contributed by atoms with Gasteiger partial charge in [0.15, 0.2) is 0 Å². The Morgan fingerprint density at radius 2 is 1.51 bits per heavy atom. The Morgan fingerprint density at radius 1 is 0.838 bits per heavy atom. The first-order chi connectivity index (χ1) is 18.0. The molecule has 3 aromatic rings. The van der Waals surface area contributed by atoms with E-state index in [1.54, 1.807) is 19.1 Å². The highest BCUT2D eigenvalue weighted by atomic mass is 16.5. The number of amides is 2. The lowest BCUT2D eigenvalue weighted by Crippen LogP contribution is -2.50. The molecule has 0 aromatic heterocycles. The number of likely N-dealkylation sites (N-methyl/N-ethyl adjacent to an activating group) is 1. The van der Waals surface area contributed by atoms with E-state index in [9.17, 15) is 9.59 Å². The van der Waals surface area contributed by atoms with Crippen LogP contribution in [-0.2, 0) is 22.6 Å². The second-order valence-electron chi connectivity index (χ2n) is 8.60. The molecule has 0 unspecified atom stereocenters. The summed E-state index contributed by atoms with van der Waals surface area (Å²) in [6, 6.07) is 24.0. The number of methoxy groups -OCH3 is 2. The van der Waals surface area contributed by atoms with Crippen LogP contribution in [0.2, 0.25) is 0 Å². The third-order valence-electron chi connectivity index (χ3n) is 5.97. The van der Waals surface area contributed by atoms with E-state index in [1.165, 1.54) is 0 Å². The van der Waals surface area contributed by atoms with Gasteiger partial charge in [0, 0.05) is 25.9 Å². The van der Waals surface area contributed by atoms with Crippen LogP contribution in [0, 0.1) is 0 Å². The smallest absolute Gasteiger partial charge is 0.243 e. The number of hydrogen-bond donors (Lipinski definition) is 1. The fraction of sp³-hybridized carbons (Fsp3) is 0.333. The third kappa shape index (κ3) is 8.56. The fourth-order valence-corrected chi connectivity index (χ4v) is 4.04. The molecule has 0 fully saturated rings. The Labute approximate surface area is 219 Å². The maximum atomic E-state index is 13.6. The van der Waals surface area contributed by atoms with Gasteiger partial charge in [0.05, 0.1) is 20.8 Å². The third-order valence-corrected chi connectivity index (χ3v) is 5.97. The minimum Gasteiger partial charge on any atom is -0.497 e. The van der Waals surface area contributed by atoms with E-state index in [-0.39, 0.29) is 18.2 Å². The quantitative estimate of drug-likeness (QED) is 0.324. The maximum Gasteiger partial charge on any atom is 0.243 e. The summed E-state index contributed by atoms with van der Waals surface area (Å²) in [5, 5.41) is 2.92. The molecule has 37 heavy (non-hydrogen) atoms. The summed E-state index contributed by atoms with van der Waals surface area (Å²) in [7, 11) is 3.22. The Balaban J connectivity index is 1.76. The molecule has 0 spiro atoms. The predicted octanol–water partition coefficient (Wildman–Crippen LogP) is 4.64. The Hall–Kier alpha value is -4.00. The molecule has 2 amide bonds. The lowest BCUT2D eigenvalue weighted by Gasteiger charge is -2.31. The van der Waals surface area contributed by atoms with Crippen LogP contribution in [0.3, 0.4) is 0 Å². The zero-order valence-corrected chi connectivity index (χ0v) is 21.8. The van der Waals surface area contributed by atoms with E-state index in [0.29, 0.717) is 44.0 Å². The molecule has 7 nitrogen and oxygen atoms in total. The first-order valence-electron chi connectivity index (χ1n) is 12.5.